The first kappa shape index (κ1) is 22.2. The number of hydrogen-bond donors (Lipinski definition) is 0. The number of thiazole rings is 1. The minimum absolute atomic E-state index is 0.0924. The lowest BCUT2D eigenvalue weighted by Gasteiger charge is -2.22. The van der Waals surface area contributed by atoms with Crippen LogP contribution in [0.4, 0.5) is 5.13 Å². The number of anilines is 1. The standard InChI is InChI=1S/C24H31N3O2S/c1-16-12-17(2)20(18(3)13-16)15-23(28)27(11-7-10-26(4)5)24-25-21-9-8-19(29-6)14-22(21)30-24/h8-9,12-14H,7,10-11,15H2,1-6H3. The fourth-order valence-electron chi connectivity index (χ4n) is 3.74. The third kappa shape index (κ3) is 5.18. The van der Waals surface area contributed by atoms with Gasteiger partial charge in [-0.1, -0.05) is 29.0 Å². The second-order valence-corrected chi connectivity index (χ2v) is 9.10. The number of ether oxygens (including phenoxy) is 1. The first-order chi connectivity index (χ1) is 14.3. The third-order valence-corrected chi connectivity index (χ3v) is 6.31. The molecule has 0 fully saturated rings. The molecule has 0 aliphatic carbocycles. The summed E-state index contributed by atoms with van der Waals surface area (Å²) in [4.78, 5) is 22.2. The van der Waals surface area contributed by atoms with E-state index in [0.29, 0.717) is 13.0 Å². The topological polar surface area (TPSA) is 45.7 Å². The molecule has 0 N–H and O–H groups in total. The summed E-state index contributed by atoms with van der Waals surface area (Å²) in [6, 6.07) is 10.1. The highest BCUT2D eigenvalue weighted by Gasteiger charge is 2.21. The Kier molecular flexibility index (Phi) is 7.10. The van der Waals surface area contributed by atoms with Gasteiger partial charge in [0, 0.05) is 6.54 Å². The Bertz CT molecular complexity index is 1020. The Hall–Kier alpha value is -2.44. The number of fused-ring (bicyclic) bond motifs is 1. The van der Waals surface area contributed by atoms with Crippen molar-refractivity contribution < 1.29 is 9.53 Å². The maximum absolute atomic E-state index is 13.4. The predicted molar refractivity (Wildman–Crippen MR) is 126 cm³/mol. The van der Waals surface area contributed by atoms with Crippen LogP contribution in [0.15, 0.2) is 30.3 Å². The second-order valence-electron chi connectivity index (χ2n) is 8.09. The average molecular weight is 426 g/mol. The molecule has 160 valence electrons. The zero-order chi connectivity index (χ0) is 21.8. The molecule has 1 heterocycles. The first-order valence-corrected chi connectivity index (χ1v) is 11.1. The summed E-state index contributed by atoms with van der Waals surface area (Å²) in [5.74, 6) is 0.893. The summed E-state index contributed by atoms with van der Waals surface area (Å²) < 4.78 is 6.36. The van der Waals surface area contributed by atoms with Crippen LogP contribution in [-0.2, 0) is 11.2 Å². The Labute approximate surface area is 183 Å². The molecule has 2 aromatic carbocycles. The Balaban J connectivity index is 1.91. The van der Waals surface area contributed by atoms with E-state index in [-0.39, 0.29) is 5.91 Å². The van der Waals surface area contributed by atoms with E-state index in [9.17, 15) is 4.79 Å². The third-order valence-electron chi connectivity index (χ3n) is 5.27. The molecule has 0 unspecified atom stereocenters. The van der Waals surface area contributed by atoms with Gasteiger partial charge in [-0.3, -0.25) is 9.69 Å². The number of nitrogens with zero attached hydrogens (tertiary/aromatic N) is 3. The first-order valence-electron chi connectivity index (χ1n) is 10.2. The minimum atomic E-state index is 0.0924. The van der Waals surface area contributed by atoms with Crippen molar-refractivity contribution in [1.82, 2.24) is 9.88 Å². The molecule has 3 aromatic rings. The van der Waals surface area contributed by atoms with E-state index in [1.54, 1.807) is 18.4 Å². The molecule has 0 aliphatic heterocycles. The van der Waals surface area contributed by atoms with Gasteiger partial charge < -0.3 is 9.64 Å². The van der Waals surface area contributed by atoms with Gasteiger partial charge in [-0.05, 0) is 82.7 Å². The number of aromatic nitrogens is 1. The smallest absolute Gasteiger partial charge is 0.233 e. The molecule has 0 atom stereocenters. The Morgan fingerprint density at radius 2 is 1.77 bits per heavy atom. The van der Waals surface area contributed by atoms with Gasteiger partial charge in [0.2, 0.25) is 5.91 Å². The van der Waals surface area contributed by atoms with Gasteiger partial charge in [0.1, 0.15) is 5.75 Å². The van der Waals surface area contributed by atoms with Crippen LogP contribution in [0, 0.1) is 20.8 Å². The molecule has 0 aliphatic rings. The molecular weight excluding hydrogens is 394 g/mol. The van der Waals surface area contributed by atoms with E-state index in [0.717, 1.165) is 39.6 Å². The van der Waals surface area contributed by atoms with Crippen LogP contribution in [0.1, 0.15) is 28.7 Å². The SMILES string of the molecule is COc1ccc2nc(N(CCCN(C)C)C(=O)Cc3c(C)cc(C)cc3C)sc2c1. The summed E-state index contributed by atoms with van der Waals surface area (Å²) in [5, 5.41) is 0.754. The lowest BCUT2D eigenvalue weighted by atomic mass is 9.97. The number of aryl methyl sites for hydroxylation is 3. The number of amides is 1. The summed E-state index contributed by atoms with van der Waals surface area (Å²) >= 11 is 1.54. The van der Waals surface area contributed by atoms with Crippen LogP contribution >= 0.6 is 11.3 Å². The number of hydrogen-bond acceptors (Lipinski definition) is 5. The van der Waals surface area contributed by atoms with Gasteiger partial charge in [-0.25, -0.2) is 4.98 Å². The fraction of sp³-hybridized carbons (Fsp3) is 0.417. The average Bonchev–Trinajstić information content (AvgIpc) is 3.10. The quantitative estimate of drug-likeness (QED) is 0.522. The van der Waals surface area contributed by atoms with E-state index in [1.807, 2.05) is 23.1 Å². The van der Waals surface area contributed by atoms with Crippen LogP contribution in [0.2, 0.25) is 0 Å². The zero-order valence-electron chi connectivity index (χ0n) is 18.8. The lowest BCUT2D eigenvalue weighted by Crippen LogP contribution is -2.34. The summed E-state index contributed by atoms with van der Waals surface area (Å²) in [7, 11) is 5.76. The van der Waals surface area contributed by atoms with E-state index >= 15 is 0 Å². The van der Waals surface area contributed by atoms with Crippen molar-refractivity contribution in [3.05, 3.63) is 52.6 Å². The molecule has 30 heavy (non-hydrogen) atoms. The molecule has 0 spiro atoms. The summed E-state index contributed by atoms with van der Waals surface area (Å²) in [6.45, 7) is 7.84. The predicted octanol–water partition coefficient (Wildman–Crippen LogP) is 4.76. The zero-order valence-corrected chi connectivity index (χ0v) is 19.6. The number of benzene rings is 2. The van der Waals surface area contributed by atoms with Gasteiger partial charge in [-0.2, -0.15) is 0 Å². The highest BCUT2D eigenvalue weighted by atomic mass is 32.1. The number of methoxy groups -OCH3 is 1. The van der Waals surface area contributed by atoms with E-state index in [2.05, 4.69) is 51.9 Å². The van der Waals surface area contributed by atoms with Crippen LogP contribution in [0.5, 0.6) is 5.75 Å². The van der Waals surface area contributed by atoms with Crippen molar-refractivity contribution in [3.8, 4) is 5.75 Å². The van der Waals surface area contributed by atoms with Gasteiger partial charge in [0.25, 0.3) is 0 Å². The number of carbonyl (C=O) groups is 1. The monoisotopic (exact) mass is 425 g/mol. The van der Waals surface area contributed by atoms with Crippen molar-refractivity contribution >= 4 is 32.6 Å². The van der Waals surface area contributed by atoms with Crippen LogP contribution in [0.25, 0.3) is 10.2 Å². The van der Waals surface area contributed by atoms with Gasteiger partial charge >= 0.3 is 0 Å². The van der Waals surface area contributed by atoms with Crippen molar-refractivity contribution in [3.63, 3.8) is 0 Å². The van der Waals surface area contributed by atoms with Gasteiger partial charge in [0.05, 0.1) is 23.7 Å². The van der Waals surface area contributed by atoms with Crippen molar-refractivity contribution in [2.45, 2.75) is 33.6 Å². The molecule has 1 amide bonds. The Morgan fingerprint density at radius 3 is 2.40 bits per heavy atom. The number of rotatable bonds is 8. The van der Waals surface area contributed by atoms with Crippen molar-refractivity contribution in [2.75, 3.05) is 39.2 Å². The molecule has 6 heteroatoms. The van der Waals surface area contributed by atoms with E-state index < -0.39 is 0 Å². The normalized spacial score (nSPS) is 11.3. The summed E-state index contributed by atoms with van der Waals surface area (Å²) in [6.07, 6.45) is 1.28. The molecule has 0 bridgehead atoms. The maximum atomic E-state index is 13.4. The molecule has 0 saturated heterocycles. The molecule has 1 aromatic heterocycles. The van der Waals surface area contributed by atoms with Crippen molar-refractivity contribution in [2.24, 2.45) is 0 Å². The van der Waals surface area contributed by atoms with Crippen molar-refractivity contribution in [1.29, 1.82) is 0 Å². The summed E-state index contributed by atoms with van der Waals surface area (Å²) in [5.41, 5.74) is 5.57. The molecule has 3 rings (SSSR count). The highest BCUT2D eigenvalue weighted by molar-refractivity contribution is 7.22. The molecular formula is C24H31N3O2S. The van der Waals surface area contributed by atoms with Crippen LogP contribution in [0.3, 0.4) is 0 Å². The molecule has 5 nitrogen and oxygen atoms in total. The van der Waals surface area contributed by atoms with Crippen LogP contribution in [-0.4, -0.2) is 50.1 Å². The van der Waals surface area contributed by atoms with E-state index in [4.69, 9.17) is 9.72 Å². The van der Waals surface area contributed by atoms with Crippen LogP contribution < -0.4 is 9.64 Å². The van der Waals surface area contributed by atoms with E-state index in [1.165, 1.54) is 16.7 Å². The molecule has 0 saturated carbocycles. The second kappa shape index (κ2) is 9.58. The molecule has 0 radical (unpaired) electrons. The number of carbonyl (C=O) groups excluding carboxylic acids is 1. The highest BCUT2D eigenvalue weighted by Crippen LogP contribution is 2.32. The van der Waals surface area contributed by atoms with Gasteiger partial charge in [-0.15, -0.1) is 0 Å². The minimum Gasteiger partial charge on any atom is -0.497 e. The van der Waals surface area contributed by atoms with Gasteiger partial charge in [0.15, 0.2) is 5.13 Å². The fourth-order valence-corrected chi connectivity index (χ4v) is 4.78. The maximum Gasteiger partial charge on any atom is 0.233 e. The largest absolute Gasteiger partial charge is 0.497 e. The lowest BCUT2D eigenvalue weighted by molar-refractivity contribution is -0.118. The Morgan fingerprint density at radius 1 is 1.07 bits per heavy atom.